The van der Waals surface area contributed by atoms with E-state index in [4.69, 9.17) is 0 Å². The molecule has 11 heteroatoms. The largest absolute Gasteiger partial charge is 0.336 e. The van der Waals surface area contributed by atoms with Crippen molar-refractivity contribution < 1.29 is 26.0 Å². The Kier molecular flexibility index (Phi) is 5.23. The second-order valence-corrected chi connectivity index (χ2v) is 12.7. The van der Waals surface area contributed by atoms with E-state index in [1.807, 2.05) is 6.92 Å². The molecule has 2 aliphatic heterocycles. The van der Waals surface area contributed by atoms with Crippen LogP contribution in [0.3, 0.4) is 0 Å². The van der Waals surface area contributed by atoms with Crippen LogP contribution in [-0.2, 0) is 24.8 Å². The van der Waals surface area contributed by atoms with Gasteiger partial charge in [-0.3, -0.25) is 4.79 Å². The quantitative estimate of drug-likeness (QED) is 0.666. The van der Waals surface area contributed by atoms with Crippen molar-refractivity contribution in [3.63, 3.8) is 0 Å². The van der Waals surface area contributed by atoms with E-state index in [0.717, 1.165) is 12.3 Å². The van der Waals surface area contributed by atoms with E-state index < -0.39 is 25.9 Å². The molecule has 4 rings (SSSR count). The van der Waals surface area contributed by atoms with Gasteiger partial charge in [-0.1, -0.05) is 12.1 Å². The molecule has 2 saturated heterocycles. The van der Waals surface area contributed by atoms with Crippen molar-refractivity contribution in [1.29, 1.82) is 0 Å². The van der Waals surface area contributed by atoms with Crippen LogP contribution in [0.4, 0.5) is 4.39 Å². The molecule has 1 aromatic rings. The number of hydrogen-bond acceptors (Lipinski definition) is 5. The lowest BCUT2D eigenvalue weighted by molar-refractivity contribution is -0.146. The summed E-state index contributed by atoms with van der Waals surface area (Å²) in [7, 11) is -7.30. The predicted octanol–water partition coefficient (Wildman–Crippen LogP) is 0.861. The number of sulfonamides is 2. The Bertz CT molecular complexity index is 1060. The van der Waals surface area contributed by atoms with Crippen molar-refractivity contribution in [2.75, 3.05) is 32.4 Å². The van der Waals surface area contributed by atoms with Gasteiger partial charge in [0.1, 0.15) is 10.7 Å². The van der Waals surface area contributed by atoms with Crippen LogP contribution in [0.25, 0.3) is 0 Å². The minimum Gasteiger partial charge on any atom is -0.336 e. The zero-order chi connectivity index (χ0) is 21.9. The van der Waals surface area contributed by atoms with Gasteiger partial charge in [-0.25, -0.2) is 21.2 Å². The van der Waals surface area contributed by atoms with Crippen molar-refractivity contribution in [3.8, 4) is 0 Å². The molecule has 0 radical (unpaired) electrons. The summed E-state index contributed by atoms with van der Waals surface area (Å²) in [4.78, 5) is 14.2. The molecule has 1 aliphatic carbocycles. The van der Waals surface area contributed by atoms with Crippen LogP contribution in [-0.4, -0.2) is 80.8 Å². The lowest BCUT2D eigenvalue weighted by atomic mass is 9.61. The summed E-state index contributed by atoms with van der Waals surface area (Å²) >= 11 is 0. The lowest BCUT2D eigenvalue weighted by Gasteiger charge is -2.60. The number of halogens is 1. The van der Waals surface area contributed by atoms with Crippen molar-refractivity contribution in [2.45, 2.75) is 43.2 Å². The molecule has 1 atom stereocenters. The highest BCUT2D eigenvalue weighted by molar-refractivity contribution is 7.89. The van der Waals surface area contributed by atoms with Gasteiger partial charge in [0.25, 0.3) is 0 Å². The van der Waals surface area contributed by atoms with Gasteiger partial charge in [0.05, 0.1) is 12.8 Å². The first-order valence-corrected chi connectivity index (χ1v) is 13.2. The number of hydrogen-bond donors (Lipinski definition) is 0. The third kappa shape index (κ3) is 3.65. The van der Waals surface area contributed by atoms with Crippen molar-refractivity contribution in [2.24, 2.45) is 5.41 Å². The number of carbonyl (C=O) groups excluding carboxylic acids is 1. The fourth-order valence-corrected chi connectivity index (χ4v) is 7.45. The maximum Gasteiger partial charge on any atom is 0.246 e. The Morgan fingerprint density at radius 2 is 1.70 bits per heavy atom. The zero-order valence-corrected chi connectivity index (χ0v) is 18.6. The Labute approximate surface area is 176 Å². The maximum atomic E-state index is 13.9. The Balaban J connectivity index is 1.40. The lowest BCUT2D eigenvalue weighted by Crippen LogP contribution is -2.68. The van der Waals surface area contributed by atoms with Gasteiger partial charge in [-0.2, -0.15) is 8.61 Å². The molecule has 30 heavy (non-hydrogen) atoms. The number of amides is 1. The summed E-state index contributed by atoms with van der Waals surface area (Å²) in [5.41, 5.74) is -0.189. The molecule has 1 aromatic carbocycles. The Hall–Kier alpha value is -1.56. The summed E-state index contributed by atoms with van der Waals surface area (Å²) in [6.45, 7) is 2.71. The summed E-state index contributed by atoms with van der Waals surface area (Å²) in [5.74, 6) is -0.968. The first-order valence-electron chi connectivity index (χ1n) is 9.94. The van der Waals surface area contributed by atoms with Crippen LogP contribution in [0, 0.1) is 11.2 Å². The first kappa shape index (κ1) is 21.7. The molecule has 0 bridgehead atoms. The minimum absolute atomic E-state index is 0.0228. The third-order valence-corrected chi connectivity index (χ3v) is 9.62. The number of rotatable bonds is 4. The molecular formula is C19H26FN3O5S2. The van der Waals surface area contributed by atoms with Gasteiger partial charge in [0.2, 0.25) is 26.0 Å². The zero-order valence-electron chi connectivity index (χ0n) is 17.0. The highest BCUT2D eigenvalue weighted by Gasteiger charge is 2.58. The first-order chi connectivity index (χ1) is 13.9. The van der Waals surface area contributed by atoms with Gasteiger partial charge >= 0.3 is 0 Å². The van der Waals surface area contributed by atoms with Crippen LogP contribution in [0.5, 0.6) is 0 Å². The monoisotopic (exact) mass is 459 g/mol. The Morgan fingerprint density at radius 1 is 1.07 bits per heavy atom. The molecule has 1 spiro atoms. The van der Waals surface area contributed by atoms with Crippen LogP contribution < -0.4 is 0 Å². The van der Waals surface area contributed by atoms with E-state index >= 15 is 0 Å². The highest BCUT2D eigenvalue weighted by atomic mass is 32.2. The third-order valence-electron chi connectivity index (χ3n) is 6.55. The maximum absolute atomic E-state index is 13.9. The molecule has 166 valence electrons. The minimum atomic E-state index is -3.87. The summed E-state index contributed by atoms with van der Waals surface area (Å²) in [6.07, 6.45) is 3.02. The van der Waals surface area contributed by atoms with E-state index in [-0.39, 0.29) is 34.8 Å². The standard InChI is InChI=1S/C19H26FN3O5S2/c1-14-7-8-21(29(2,25)26)11-18(24)23(14)15-9-19(10-15)12-22(13-19)30(27,28)17-6-4-3-5-16(17)20/h3-6,14-15H,7-13H2,1-2H3/t14-/m1/s1. The van der Waals surface area contributed by atoms with Crippen LogP contribution >= 0.6 is 0 Å². The molecule has 3 fully saturated rings. The van der Waals surface area contributed by atoms with E-state index in [2.05, 4.69) is 0 Å². The van der Waals surface area contributed by atoms with Gasteiger partial charge in [0.15, 0.2) is 0 Å². The van der Waals surface area contributed by atoms with Crippen molar-refractivity contribution >= 4 is 26.0 Å². The molecule has 8 nitrogen and oxygen atoms in total. The van der Waals surface area contributed by atoms with Crippen molar-refractivity contribution in [1.82, 2.24) is 13.5 Å². The smallest absolute Gasteiger partial charge is 0.246 e. The molecule has 2 heterocycles. The second kappa shape index (κ2) is 7.25. The summed E-state index contributed by atoms with van der Waals surface area (Å²) < 4.78 is 65.5. The van der Waals surface area contributed by atoms with Crippen LogP contribution in [0.15, 0.2) is 29.2 Å². The van der Waals surface area contributed by atoms with E-state index in [0.29, 0.717) is 38.9 Å². The fraction of sp³-hybridized carbons (Fsp3) is 0.632. The van der Waals surface area contributed by atoms with E-state index in [1.165, 1.54) is 26.8 Å². The van der Waals surface area contributed by atoms with Crippen LogP contribution in [0.1, 0.15) is 26.2 Å². The average Bonchev–Trinajstić information content (AvgIpc) is 2.72. The molecule has 0 unspecified atom stereocenters. The van der Waals surface area contributed by atoms with Gasteiger partial charge in [-0.05, 0) is 38.3 Å². The van der Waals surface area contributed by atoms with Gasteiger partial charge in [-0.15, -0.1) is 0 Å². The summed E-state index contributed by atoms with van der Waals surface area (Å²) in [6, 6.07) is 5.25. The summed E-state index contributed by atoms with van der Waals surface area (Å²) in [5, 5.41) is 0. The average molecular weight is 460 g/mol. The van der Waals surface area contributed by atoms with E-state index in [9.17, 15) is 26.0 Å². The number of carbonyl (C=O) groups is 1. The molecule has 1 saturated carbocycles. The molecule has 1 amide bonds. The van der Waals surface area contributed by atoms with Crippen molar-refractivity contribution in [3.05, 3.63) is 30.1 Å². The fourth-order valence-electron chi connectivity index (χ4n) is 4.93. The molecule has 0 aromatic heterocycles. The number of benzene rings is 1. The molecule has 0 N–H and O–H groups in total. The Morgan fingerprint density at radius 3 is 2.30 bits per heavy atom. The predicted molar refractivity (Wildman–Crippen MR) is 108 cm³/mol. The molecular weight excluding hydrogens is 433 g/mol. The van der Waals surface area contributed by atoms with Crippen LogP contribution in [0.2, 0.25) is 0 Å². The van der Waals surface area contributed by atoms with Gasteiger partial charge in [0, 0.05) is 37.1 Å². The normalized spacial score (nSPS) is 26.3. The molecule has 3 aliphatic rings. The second-order valence-electron chi connectivity index (χ2n) is 8.80. The SMILES string of the molecule is C[C@@H]1CCN(S(C)(=O)=O)CC(=O)N1C1CC2(C1)CN(S(=O)(=O)c1ccccc1F)C2. The number of nitrogens with zero attached hydrogens (tertiary/aromatic N) is 3. The topological polar surface area (TPSA) is 95.1 Å². The van der Waals surface area contributed by atoms with E-state index in [1.54, 1.807) is 4.90 Å². The highest BCUT2D eigenvalue weighted by Crippen LogP contribution is 2.52. The van der Waals surface area contributed by atoms with Gasteiger partial charge < -0.3 is 4.90 Å².